The van der Waals surface area contributed by atoms with E-state index in [-0.39, 0.29) is 17.7 Å². The molecule has 5 nitrogen and oxygen atoms in total. The van der Waals surface area contributed by atoms with Crippen molar-refractivity contribution in [1.29, 1.82) is 0 Å². The Hall–Kier alpha value is -2.69. The molecule has 0 unspecified atom stereocenters. The molecule has 3 rings (SSSR count). The van der Waals surface area contributed by atoms with Crippen LogP contribution in [0.1, 0.15) is 40.2 Å². The normalized spacial score (nSPS) is 13.6. The average molecular weight is 323 g/mol. The van der Waals surface area contributed by atoms with Crippen molar-refractivity contribution in [2.24, 2.45) is 5.92 Å². The van der Waals surface area contributed by atoms with Crippen molar-refractivity contribution < 1.29 is 9.59 Å². The lowest BCUT2D eigenvalue weighted by Crippen LogP contribution is -2.16. The van der Waals surface area contributed by atoms with Crippen molar-refractivity contribution in [3.63, 3.8) is 0 Å². The zero-order valence-corrected chi connectivity index (χ0v) is 14.0. The fraction of sp³-hybridized carbons (Fsp3) is 0.316. The summed E-state index contributed by atoms with van der Waals surface area (Å²) in [5, 5.41) is 7.22. The number of carbonyl (C=O) groups excluding carboxylic acids is 2. The molecule has 0 saturated heterocycles. The summed E-state index contributed by atoms with van der Waals surface area (Å²) in [6, 6.07) is 6.94. The minimum Gasteiger partial charge on any atom is -0.326 e. The van der Waals surface area contributed by atoms with Gasteiger partial charge in [0, 0.05) is 28.4 Å². The Balaban J connectivity index is 1.78. The summed E-state index contributed by atoms with van der Waals surface area (Å²) in [7, 11) is 0. The summed E-state index contributed by atoms with van der Waals surface area (Å²) in [4.78, 5) is 24.4. The van der Waals surface area contributed by atoms with Gasteiger partial charge in [0.15, 0.2) is 0 Å². The number of hydrogen-bond donors (Lipinski definition) is 1. The van der Waals surface area contributed by atoms with Gasteiger partial charge in [-0.05, 0) is 57.4 Å². The van der Waals surface area contributed by atoms with E-state index in [2.05, 4.69) is 17.0 Å². The van der Waals surface area contributed by atoms with Gasteiger partial charge in [0.1, 0.15) is 0 Å². The maximum atomic E-state index is 12.7. The molecule has 1 aliphatic rings. The third kappa shape index (κ3) is 3.15. The molecule has 1 saturated carbocycles. The number of aromatic nitrogens is 2. The summed E-state index contributed by atoms with van der Waals surface area (Å²) in [6.45, 7) is 7.53. The predicted octanol–water partition coefficient (Wildman–Crippen LogP) is 3.27. The van der Waals surface area contributed by atoms with Crippen molar-refractivity contribution in [1.82, 2.24) is 9.78 Å². The molecule has 1 aromatic carbocycles. The lowest BCUT2D eigenvalue weighted by Gasteiger charge is -2.07. The Morgan fingerprint density at radius 1 is 1.29 bits per heavy atom. The molecule has 124 valence electrons. The number of allylic oxidation sites excluding steroid dienone is 1. The Morgan fingerprint density at radius 2 is 1.96 bits per heavy atom. The van der Waals surface area contributed by atoms with E-state index in [1.807, 2.05) is 19.9 Å². The molecule has 0 atom stereocenters. The van der Waals surface area contributed by atoms with Gasteiger partial charge in [0.05, 0.1) is 5.69 Å². The van der Waals surface area contributed by atoms with Gasteiger partial charge >= 0.3 is 0 Å². The van der Waals surface area contributed by atoms with E-state index >= 15 is 0 Å². The van der Waals surface area contributed by atoms with Crippen LogP contribution in [0.2, 0.25) is 0 Å². The molecule has 0 spiro atoms. The van der Waals surface area contributed by atoms with Gasteiger partial charge in [-0.3, -0.25) is 9.59 Å². The quantitative estimate of drug-likeness (QED) is 0.859. The fourth-order valence-corrected chi connectivity index (χ4v) is 2.72. The largest absolute Gasteiger partial charge is 0.326 e. The molecule has 5 heteroatoms. The minimum atomic E-state index is -0.175. The van der Waals surface area contributed by atoms with Gasteiger partial charge in [-0.15, -0.1) is 6.58 Å². The second kappa shape index (κ2) is 6.43. The number of nitrogens with one attached hydrogen (secondary N) is 1. The first-order valence-corrected chi connectivity index (χ1v) is 8.13. The Kier molecular flexibility index (Phi) is 4.34. The lowest BCUT2D eigenvalue weighted by molar-refractivity contribution is -0.117. The number of amides is 1. The smallest absolute Gasteiger partial charge is 0.278 e. The SMILES string of the molecule is C=CCc1c(C)nn(C(=O)c2ccc(NC(=O)C3CC3)cc2)c1C. The van der Waals surface area contributed by atoms with Gasteiger partial charge < -0.3 is 5.32 Å². The molecular formula is C19H21N3O2. The molecule has 1 fully saturated rings. The van der Waals surface area contributed by atoms with Gasteiger partial charge in [0.25, 0.3) is 5.91 Å². The number of benzene rings is 1. The van der Waals surface area contributed by atoms with E-state index in [9.17, 15) is 9.59 Å². The van der Waals surface area contributed by atoms with Crippen molar-refractivity contribution in [2.45, 2.75) is 33.1 Å². The van der Waals surface area contributed by atoms with Crippen LogP contribution in [0.3, 0.4) is 0 Å². The molecule has 1 amide bonds. The van der Waals surface area contributed by atoms with Crippen LogP contribution in [0, 0.1) is 19.8 Å². The van der Waals surface area contributed by atoms with Crippen LogP contribution in [-0.4, -0.2) is 21.6 Å². The van der Waals surface area contributed by atoms with E-state index in [0.29, 0.717) is 17.7 Å². The van der Waals surface area contributed by atoms with Crippen LogP contribution in [-0.2, 0) is 11.2 Å². The monoisotopic (exact) mass is 323 g/mol. The first kappa shape index (κ1) is 16.2. The maximum absolute atomic E-state index is 12.7. The number of anilines is 1. The highest BCUT2D eigenvalue weighted by atomic mass is 16.2. The van der Waals surface area contributed by atoms with Gasteiger partial charge in [-0.25, -0.2) is 4.68 Å². The van der Waals surface area contributed by atoms with Gasteiger partial charge in [-0.1, -0.05) is 6.08 Å². The molecule has 0 radical (unpaired) electrons. The third-order valence-electron chi connectivity index (χ3n) is 4.33. The molecule has 1 aromatic heterocycles. The summed E-state index contributed by atoms with van der Waals surface area (Å²) in [5.41, 5.74) is 3.96. The number of nitrogens with zero attached hydrogens (tertiary/aromatic N) is 2. The summed E-state index contributed by atoms with van der Waals surface area (Å²) < 4.78 is 1.44. The Morgan fingerprint density at radius 3 is 2.54 bits per heavy atom. The van der Waals surface area contributed by atoms with Crippen LogP contribution in [0.15, 0.2) is 36.9 Å². The Labute approximate surface area is 141 Å². The Bertz CT molecular complexity index is 799. The number of aryl methyl sites for hydroxylation is 1. The molecular weight excluding hydrogens is 302 g/mol. The summed E-state index contributed by atoms with van der Waals surface area (Å²) in [6.07, 6.45) is 4.43. The van der Waals surface area contributed by atoms with E-state index in [1.165, 1.54) is 4.68 Å². The predicted molar refractivity (Wildman–Crippen MR) is 93.1 cm³/mol. The zero-order valence-electron chi connectivity index (χ0n) is 14.0. The van der Waals surface area contributed by atoms with Crippen molar-refractivity contribution in [3.05, 3.63) is 59.4 Å². The molecule has 2 aromatic rings. The second-order valence-corrected chi connectivity index (χ2v) is 6.20. The van der Waals surface area contributed by atoms with Crippen LogP contribution in [0.4, 0.5) is 5.69 Å². The number of rotatable bonds is 5. The first-order chi connectivity index (χ1) is 11.5. The summed E-state index contributed by atoms with van der Waals surface area (Å²) >= 11 is 0. The molecule has 1 N–H and O–H groups in total. The highest BCUT2D eigenvalue weighted by Crippen LogP contribution is 2.30. The van der Waals surface area contributed by atoms with Crippen molar-refractivity contribution in [3.8, 4) is 0 Å². The van der Waals surface area contributed by atoms with E-state index in [4.69, 9.17) is 0 Å². The molecule has 0 aliphatic heterocycles. The van der Waals surface area contributed by atoms with Crippen LogP contribution >= 0.6 is 0 Å². The molecule has 1 heterocycles. The maximum Gasteiger partial charge on any atom is 0.278 e. The lowest BCUT2D eigenvalue weighted by atomic mass is 10.1. The molecule has 0 bridgehead atoms. The van der Waals surface area contributed by atoms with E-state index in [1.54, 1.807) is 24.3 Å². The molecule has 1 aliphatic carbocycles. The van der Waals surface area contributed by atoms with Gasteiger partial charge in [0.2, 0.25) is 5.91 Å². The topological polar surface area (TPSA) is 64.0 Å². The number of hydrogen-bond acceptors (Lipinski definition) is 3. The van der Waals surface area contributed by atoms with Crippen LogP contribution in [0.5, 0.6) is 0 Å². The molecule has 24 heavy (non-hydrogen) atoms. The first-order valence-electron chi connectivity index (χ1n) is 8.13. The van der Waals surface area contributed by atoms with E-state index < -0.39 is 0 Å². The van der Waals surface area contributed by atoms with E-state index in [0.717, 1.165) is 29.8 Å². The third-order valence-corrected chi connectivity index (χ3v) is 4.33. The summed E-state index contributed by atoms with van der Waals surface area (Å²) in [5.74, 6) is 0.0389. The zero-order chi connectivity index (χ0) is 17.3. The van der Waals surface area contributed by atoms with Crippen LogP contribution in [0.25, 0.3) is 0 Å². The van der Waals surface area contributed by atoms with Crippen molar-refractivity contribution in [2.75, 3.05) is 5.32 Å². The average Bonchev–Trinajstić information content (AvgIpc) is 3.38. The van der Waals surface area contributed by atoms with Crippen LogP contribution < -0.4 is 5.32 Å². The highest BCUT2D eigenvalue weighted by Gasteiger charge is 2.29. The highest BCUT2D eigenvalue weighted by molar-refractivity contribution is 5.97. The van der Waals surface area contributed by atoms with Crippen molar-refractivity contribution >= 4 is 17.5 Å². The standard InChI is InChI=1S/C19H21N3O2/c1-4-5-17-12(2)21-22(13(17)3)19(24)15-8-10-16(11-9-15)20-18(23)14-6-7-14/h4,8-11,14H,1,5-7H2,2-3H3,(H,20,23). The minimum absolute atomic E-state index is 0.0571. The number of carbonyl (C=O) groups is 2. The fourth-order valence-electron chi connectivity index (χ4n) is 2.72. The second-order valence-electron chi connectivity index (χ2n) is 6.20. The van der Waals surface area contributed by atoms with Gasteiger partial charge in [-0.2, -0.15) is 5.10 Å².